The highest BCUT2D eigenvalue weighted by Gasteiger charge is 2.17. The monoisotopic (exact) mass is 312 g/mol. The Kier molecular flexibility index (Phi) is 4.26. The van der Waals surface area contributed by atoms with Gasteiger partial charge in [-0.05, 0) is 12.1 Å². The Labute approximate surface area is 124 Å². The maximum atomic E-state index is 12.2. The van der Waals surface area contributed by atoms with Crippen molar-refractivity contribution in [1.29, 1.82) is 0 Å². The number of nitrogen functional groups attached to an aromatic ring is 1. The van der Waals surface area contributed by atoms with Crippen LogP contribution >= 0.6 is 23.2 Å². The number of rotatable bonds is 3. The number of amides is 1. The molecule has 8 heteroatoms. The molecule has 1 aromatic heterocycles. The van der Waals surface area contributed by atoms with Crippen LogP contribution in [0, 0.1) is 0 Å². The lowest BCUT2D eigenvalue weighted by Crippen LogP contribution is -2.15. The molecule has 0 spiro atoms. The number of para-hydroxylation sites is 1. The minimum absolute atomic E-state index is 0.0523. The molecule has 0 fully saturated rings. The molecule has 2 rings (SSSR count). The summed E-state index contributed by atoms with van der Waals surface area (Å²) < 4.78 is 5.11. The van der Waals surface area contributed by atoms with E-state index in [1.54, 1.807) is 18.2 Å². The van der Waals surface area contributed by atoms with Gasteiger partial charge in [-0.15, -0.1) is 0 Å². The Bertz CT molecular complexity index is 664. The molecule has 1 amide bonds. The van der Waals surface area contributed by atoms with Gasteiger partial charge < -0.3 is 15.8 Å². The van der Waals surface area contributed by atoms with Crippen molar-refractivity contribution in [3.8, 4) is 5.75 Å². The van der Waals surface area contributed by atoms with Crippen molar-refractivity contribution < 1.29 is 9.53 Å². The molecular weight excluding hydrogens is 303 g/mol. The van der Waals surface area contributed by atoms with Crippen molar-refractivity contribution in [3.05, 3.63) is 40.3 Å². The molecule has 0 aliphatic carbocycles. The summed E-state index contributed by atoms with van der Waals surface area (Å²) in [6.45, 7) is 0. The van der Waals surface area contributed by atoms with Gasteiger partial charge in [-0.1, -0.05) is 29.3 Å². The van der Waals surface area contributed by atoms with Crippen molar-refractivity contribution in [2.24, 2.45) is 0 Å². The SMILES string of the molecule is COc1c(N)cccc1C(=O)Nc1ncnc(Cl)c1Cl. The lowest BCUT2D eigenvalue weighted by molar-refractivity contribution is 0.102. The lowest BCUT2D eigenvalue weighted by Gasteiger charge is -2.11. The molecular formula is C12H10Cl2N4O2. The number of hydrogen-bond donors (Lipinski definition) is 2. The van der Waals surface area contributed by atoms with Crippen LogP contribution in [0.25, 0.3) is 0 Å². The molecule has 0 aliphatic rings. The second kappa shape index (κ2) is 5.94. The summed E-state index contributed by atoms with van der Waals surface area (Å²) in [5.41, 5.74) is 6.36. The standard InChI is InChI=1S/C12H10Cl2N4O2/c1-20-9-6(3-2-4-7(9)15)12(19)18-11-8(13)10(14)16-5-17-11/h2-5H,15H2,1H3,(H,16,17,18,19). The number of benzene rings is 1. The number of anilines is 2. The number of nitrogens with two attached hydrogens (primary N) is 1. The second-order valence-electron chi connectivity index (χ2n) is 3.71. The third-order valence-corrected chi connectivity index (χ3v) is 3.21. The summed E-state index contributed by atoms with van der Waals surface area (Å²) in [4.78, 5) is 19.7. The van der Waals surface area contributed by atoms with E-state index in [4.69, 9.17) is 33.7 Å². The van der Waals surface area contributed by atoms with Gasteiger partial charge in [0, 0.05) is 0 Å². The maximum absolute atomic E-state index is 12.2. The molecule has 0 bridgehead atoms. The van der Waals surface area contributed by atoms with E-state index in [2.05, 4.69) is 15.3 Å². The number of carbonyl (C=O) groups excluding carboxylic acids is 1. The predicted molar refractivity (Wildman–Crippen MR) is 77.4 cm³/mol. The fourth-order valence-corrected chi connectivity index (χ4v) is 1.85. The van der Waals surface area contributed by atoms with Crippen molar-refractivity contribution in [2.45, 2.75) is 0 Å². The number of hydrogen-bond acceptors (Lipinski definition) is 5. The summed E-state index contributed by atoms with van der Waals surface area (Å²) in [7, 11) is 1.43. The molecule has 0 aliphatic heterocycles. The molecule has 1 heterocycles. The Balaban J connectivity index is 2.34. The van der Waals surface area contributed by atoms with Crippen LogP contribution in [0.2, 0.25) is 10.2 Å². The summed E-state index contributed by atoms with van der Waals surface area (Å²) >= 11 is 11.7. The predicted octanol–water partition coefficient (Wildman–Crippen LogP) is 2.63. The van der Waals surface area contributed by atoms with Gasteiger partial charge in [0.15, 0.2) is 16.7 Å². The number of aromatic nitrogens is 2. The topological polar surface area (TPSA) is 90.1 Å². The molecule has 3 N–H and O–H groups in total. The molecule has 0 atom stereocenters. The zero-order chi connectivity index (χ0) is 14.7. The van der Waals surface area contributed by atoms with Gasteiger partial charge in [0.05, 0.1) is 18.4 Å². The van der Waals surface area contributed by atoms with Crippen LogP contribution < -0.4 is 15.8 Å². The third kappa shape index (κ3) is 2.76. The molecule has 0 radical (unpaired) electrons. The molecule has 6 nitrogen and oxygen atoms in total. The van der Waals surface area contributed by atoms with E-state index in [1.807, 2.05) is 0 Å². The molecule has 2 aromatic rings. The van der Waals surface area contributed by atoms with Crippen molar-refractivity contribution in [3.63, 3.8) is 0 Å². The Morgan fingerprint density at radius 2 is 2.10 bits per heavy atom. The van der Waals surface area contributed by atoms with E-state index < -0.39 is 5.91 Å². The van der Waals surface area contributed by atoms with Gasteiger partial charge in [-0.25, -0.2) is 9.97 Å². The first kappa shape index (κ1) is 14.4. The highest BCUT2D eigenvalue weighted by Crippen LogP contribution is 2.29. The third-order valence-electron chi connectivity index (χ3n) is 2.47. The minimum Gasteiger partial charge on any atom is -0.494 e. The Morgan fingerprint density at radius 1 is 1.35 bits per heavy atom. The largest absolute Gasteiger partial charge is 0.494 e. The van der Waals surface area contributed by atoms with E-state index in [9.17, 15) is 4.79 Å². The summed E-state index contributed by atoms with van der Waals surface area (Å²) in [6.07, 6.45) is 1.19. The van der Waals surface area contributed by atoms with Crippen LogP contribution in [-0.2, 0) is 0 Å². The fourth-order valence-electron chi connectivity index (χ4n) is 1.57. The molecule has 20 heavy (non-hydrogen) atoms. The molecule has 0 saturated carbocycles. The van der Waals surface area contributed by atoms with Gasteiger partial charge >= 0.3 is 0 Å². The average molecular weight is 313 g/mol. The number of nitrogens with zero attached hydrogens (tertiary/aromatic N) is 2. The van der Waals surface area contributed by atoms with Crippen LogP contribution in [0.4, 0.5) is 11.5 Å². The highest BCUT2D eigenvalue weighted by molar-refractivity contribution is 6.43. The summed E-state index contributed by atoms with van der Waals surface area (Å²) in [6, 6.07) is 4.84. The first-order valence-electron chi connectivity index (χ1n) is 5.44. The van der Waals surface area contributed by atoms with Crippen LogP contribution in [0.15, 0.2) is 24.5 Å². The van der Waals surface area contributed by atoms with E-state index in [-0.39, 0.29) is 27.3 Å². The van der Waals surface area contributed by atoms with Crippen molar-refractivity contribution in [1.82, 2.24) is 9.97 Å². The smallest absolute Gasteiger partial charge is 0.260 e. The summed E-state index contributed by atoms with van der Waals surface area (Å²) in [5.74, 6) is -0.0757. The second-order valence-corrected chi connectivity index (χ2v) is 4.45. The fraction of sp³-hybridized carbons (Fsp3) is 0.0833. The van der Waals surface area contributed by atoms with Gasteiger partial charge in [0.1, 0.15) is 11.3 Å². The van der Waals surface area contributed by atoms with Gasteiger partial charge in [-0.3, -0.25) is 4.79 Å². The van der Waals surface area contributed by atoms with Crippen molar-refractivity contribution in [2.75, 3.05) is 18.2 Å². The van der Waals surface area contributed by atoms with Crippen LogP contribution in [0.1, 0.15) is 10.4 Å². The lowest BCUT2D eigenvalue weighted by atomic mass is 10.1. The normalized spacial score (nSPS) is 10.2. The molecule has 1 aromatic carbocycles. The van der Waals surface area contributed by atoms with E-state index in [1.165, 1.54) is 13.4 Å². The van der Waals surface area contributed by atoms with Gasteiger partial charge in [0.25, 0.3) is 5.91 Å². The number of ether oxygens (including phenoxy) is 1. The number of methoxy groups -OCH3 is 1. The van der Waals surface area contributed by atoms with Crippen LogP contribution in [-0.4, -0.2) is 23.0 Å². The number of carbonyl (C=O) groups is 1. The maximum Gasteiger partial charge on any atom is 0.260 e. The number of nitrogens with one attached hydrogen (secondary N) is 1. The highest BCUT2D eigenvalue weighted by atomic mass is 35.5. The van der Waals surface area contributed by atoms with E-state index in [0.717, 1.165) is 0 Å². The van der Waals surface area contributed by atoms with E-state index in [0.29, 0.717) is 5.69 Å². The van der Waals surface area contributed by atoms with Gasteiger partial charge in [-0.2, -0.15) is 0 Å². The molecule has 0 unspecified atom stereocenters. The van der Waals surface area contributed by atoms with Crippen LogP contribution in [0.3, 0.4) is 0 Å². The minimum atomic E-state index is -0.467. The Morgan fingerprint density at radius 3 is 2.80 bits per heavy atom. The average Bonchev–Trinajstić information content (AvgIpc) is 2.43. The van der Waals surface area contributed by atoms with Gasteiger partial charge in [0.2, 0.25) is 0 Å². The van der Waals surface area contributed by atoms with E-state index >= 15 is 0 Å². The molecule has 0 saturated heterocycles. The first-order valence-corrected chi connectivity index (χ1v) is 6.20. The number of halogens is 2. The zero-order valence-corrected chi connectivity index (χ0v) is 11.9. The quantitative estimate of drug-likeness (QED) is 0.671. The summed E-state index contributed by atoms with van der Waals surface area (Å²) in [5, 5.41) is 2.64. The van der Waals surface area contributed by atoms with Crippen molar-refractivity contribution >= 4 is 40.6 Å². The van der Waals surface area contributed by atoms with Crippen LogP contribution in [0.5, 0.6) is 5.75 Å². The Hall–Kier alpha value is -2.05. The molecule has 104 valence electrons. The zero-order valence-electron chi connectivity index (χ0n) is 10.4. The first-order chi connectivity index (χ1) is 9.54.